The van der Waals surface area contributed by atoms with E-state index in [1.807, 2.05) is 31.2 Å². The van der Waals surface area contributed by atoms with Crippen molar-refractivity contribution in [3.63, 3.8) is 0 Å². The van der Waals surface area contributed by atoms with Crippen LogP contribution in [0.3, 0.4) is 0 Å². The van der Waals surface area contributed by atoms with Crippen LogP contribution in [0.4, 0.5) is 11.4 Å². The molecule has 22 heavy (non-hydrogen) atoms. The number of anilines is 2. The molecule has 2 N–H and O–H groups in total. The van der Waals surface area contributed by atoms with Gasteiger partial charge in [-0.3, -0.25) is 14.5 Å². The van der Waals surface area contributed by atoms with Crippen molar-refractivity contribution in [2.75, 3.05) is 16.8 Å². The third-order valence-electron chi connectivity index (χ3n) is 4.48. The minimum Gasteiger partial charge on any atom is -0.372 e. The molecule has 0 saturated heterocycles. The third-order valence-corrected chi connectivity index (χ3v) is 4.48. The zero-order chi connectivity index (χ0) is 15.5. The van der Waals surface area contributed by atoms with E-state index in [0.717, 1.165) is 24.2 Å². The van der Waals surface area contributed by atoms with Gasteiger partial charge in [-0.2, -0.15) is 0 Å². The van der Waals surface area contributed by atoms with Crippen molar-refractivity contribution in [3.05, 3.63) is 24.3 Å². The predicted molar refractivity (Wildman–Crippen MR) is 86.9 cm³/mol. The highest BCUT2D eigenvalue weighted by Gasteiger charge is 2.31. The van der Waals surface area contributed by atoms with Crippen molar-refractivity contribution < 1.29 is 9.59 Å². The Balaban J connectivity index is 1.70. The van der Waals surface area contributed by atoms with Gasteiger partial charge in [-0.15, -0.1) is 0 Å². The number of nitrogens with zero attached hydrogens (tertiary/aromatic N) is 1. The molecule has 1 atom stereocenters. The minimum atomic E-state index is -0.308. The van der Waals surface area contributed by atoms with Crippen LogP contribution in [-0.4, -0.2) is 30.4 Å². The number of benzene rings is 1. The maximum absolute atomic E-state index is 12.4. The van der Waals surface area contributed by atoms with E-state index in [0.29, 0.717) is 0 Å². The Kier molecular flexibility index (Phi) is 4.32. The lowest BCUT2D eigenvalue weighted by atomic mass is 9.95. The first-order chi connectivity index (χ1) is 10.6. The molecule has 1 unspecified atom stereocenters. The summed E-state index contributed by atoms with van der Waals surface area (Å²) in [6, 6.07) is 7.58. The summed E-state index contributed by atoms with van der Waals surface area (Å²) >= 11 is 0. The molecule has 0 radical (unpaired) electrons. The van der Waals surface area contributed by atoms with Crippen molar-refractivity contribution in [3.8, 4) is 0 Å². The Morgan fingerprint density at radius 1 is 1.27 bits per heavy atom. The standard InChI is InChI=1S/C17H23N3O2/c1-12-17(22)20(15-10-6-5-9-14(15)18-12)11-16(21)19-13-7-3-2-4-8-13/h5-6,9-10,12-13,18H,2-4,7-8,11H2,1H3,(H,19,21). The predicted octanol–water partition coefficient (Wildman–Crippen LogP) is 2.28. The average Bonchev–Trinajstić information content (AvgIpc) is 2.53. The maximum Gasteiger partial charge on any atom is 0.249 e. The van der Waals surface area contributed by atoms with Crippen LogP contribution in [-0.2, 0) is 9.59 Å². The van der Waals surface area contributed by atoms with Gasteiger partial charge in [0.05, 0.1) is 11.4 Å². The van der Waals surface area contributed by atoms with Gasteiger partial charge in [0.15, 0.2) is 0 Å². The van der Waals surface area contributed by atoms with E-state index in [4.69, 9.17) is 0 Å². The molecule has 1 aromatic carbocycles. The first kappa shape index (κ1) is 14.9. The molecule has 5 heteroatoms. The van der Waals surface area contributed by atoms with E-state index >= 15 is 0 Å². The SMILES string of the molecule is CC1Nc2ccccc2N(CC(=O)NC2CCCCC2)C1=O. The molecular formula is C17H23N3O2. The second-order valence-corrected chi connectivity index (χ2v) is 6.21. The van der Waals surface area contributed by atoms with Crippen LogP contribution in [0.15, 0.2) is 24.3 Å². The van der Waals surface area contributed by atoms with Crippen LogP contribution in [0.1, 0.15) is 39.0 Å². The molecule has 1 aromatic rings. The van der Waals surface area contributed by atoms with E-state index in [1.165, 1.54) is 19.3 Å². The number of carbonyl (C=O) groups excluding carboxylic acids is 2. The van der Waals surface area contributed by atoms with Crippen molar-refractivity contribution in [1.82, 2.24) is 5.32 Å². The molecule has 0 spiro atoms. The summed E-state index contributed by atoms with van der Waals surface area (Å²) in [6.07, 6.45) is 5.71. The number of rotatable bonds is 3. The van der Waals surface area contributed by atoms with Gasteiger partial charge in [0, 0.05) is 6.04 Å². The molecule has 1 aliphatic heterocycles. The van der Waals surface area contributed by atoms with Crippen LogP contribution in [0, 0.1) is 0 Å². The molecule has 118 valence electrons. The van der Waals surface area contributed by atoms with Crippen molar-refractivity contribution in [2.45, 2.75) is 51.1 Å². The molecule has 2 aliphatic rings. The van der Waals surface area contributed by atoms with Crippen molar-refractivity contribution >= 4 is 23.2 Å². The summed E-state index contributed by atoms with van der Waals surface area (Å²) in [5.74, 6) is -0.123. The Labute approximate surface area is 131 Å². The Morgan fingerprint density at radius 2 is 2.00 bits per heavy atom. The van der Waals surface area contributed by atoms with Crippen molar-refractivity contribution in [1.29, 1.82) is 0 Å². The molecule has 1 heterocycles. The molecule has 0 aromatic heterocycles. The second kappa shape index (κ2) is 6.38. The van der Waals surface area contributed by atoms with Crippen molar-refractivity contribution in [2.24, 2.45) is 0 Å². The van der Waals surface area contributed by atoms with Gasteiger partial charge in [0.2, 0.25) is 11.8 Å². The second-order valence-electron chi connectivity index (χ2n) is 6.21. The Morgan fingerprint density at radius 3 is 2.77 bits per heavy atom. The molecule has 5 nitrogen and oxygen atoms in total. The van der Waals surface area contributed by atoms with Crippen LogP contribution in [0.2, 0.25) is 0 Å². The van der Waals surface area contributed by atoms with E-state index in [1.54, 1.807) is 4.90 Å². The summed E-state index contributed by atoms with van der Waals surface area (Å²) in [5, 5.41) is 6.25. The fourth-order valence-corrected chi connectivity index (χ4v) is 3.31. The molecule has 1 fully saturated rings. The molecular weight excluding hydrogens is 278 g/mol. The normalized spacial score (nSPS) is 22.0. The number of hydrogen-bond donors (Lipinski definition) is 2. The van der Waals surface area contributed by atoms with Crippen LogP contribution in [0.25, 0.3) is 0 Å². The third kappa shape index (κ3) is 3.08. The van der Waals surface area contributed by atoms with Crippen LogP contribution < -0.4 is 15.5 Å². The van der Waals surface area contributed by atoms with Crippen LogP contribution >= 0.6 is 0 Å². The monoisotopic (exact) mass is 301 g/mol. The smallest absolute Gasteiger partial charge is 0.249 e. The van der Waals surface area contributed by atoms with Crippen LogP contribution in [0.5, 0.6) is 0 Å². The number of nitrogens with one attached hydrogen (secondary N) is 2. The summed E-state index contributed by atoms with van der Waals surface area (Å²) in [6.45, 7) is 1.92. The quantitative estimate of drug-likeness (QED) is 0.900. The molecule has 3 rings (SSSR count). The fourth-order valence-electron chi connectivity index (χ4n) is 3.31. The van der Waals surface area contributed by atoms with Gasteiger partial charge in [-0.25, -0.2) is 0 Å². The van der Waals surface area contributed by atoms with E-state index in [9.17, 15) is 9.59 Å². The number of hydrogen-bond acceptors (Lipinski definition) is 3. The van der Waals surface area contributed by atoms with Gasteiger partial charge < -0.3 is 10.6 Å². The highest BCUT2D eigenvalue weighted by atomic mass is 16.2. The van der Waals surface area contributed by atoms with Gasteiger partial charge >= 0.3 is 0 Å². The maximum atomic E-state index is 12.4. The lowest BCUT2D eigenvalue weighted by Crippen LogP contribution is -2.51. The highest BCUT2D eigenvalue weighted by molar-refractivity contribution is 6.07. The summed E-state index contributed by atoms with van der Waals surface area (Å²) in [7, 11) is 0. The zero-order valence-corrected chi connectivity index (χ0v) is 13.0. The summed E-state index contributed by atoms with van der Waals surface area (Å²) in [4.78, 5) is 26.3. The minimum absolute atomic E-state index is 0.0579. The number of fused-ring (bicyclic) bond motifs is 1. The largest absolute Gasteiger partial charge is 0.372 e. The van der Waals surface area contributed by atoms with E-state index < -0.39 is 0 Å². The number of carbonyl (C=O) groups is 2. The highest BCUT2D eigenvalue weighted by Crippen LogP contribution is 2.30. The lowest BCUT2D eigenvalue weighted by Gasteiger charge is -2.34. The molecule has 2 amide bonds. The summed E-state index contributed by atoms with van der Waals surface area (Å²) in [5.41, 5.74) is 1.68. The number of para-hydroxylation sites is 2. The van der Waals surface area contributed by atoms with E-state index in [-0.39, 0.29) is 30.4 Å². The zero-order valence-electron chi connectivity index (χ0n) is 13.0. The van der Waals surface area contributed by atoms with Gasteiger partial charge in [0.25, 0.3) is 0 Å². The average molecular weight is 301 g/mol. The number of amides is 2. The summed E-state index contributed by atoms with van der Waals surface area (Å²) < 4.78 is 0. The fraction of sp³-hybridized carbons (Fsp3) is 0.529. The first-order valence-corrected chi connectivity index (χ1v) is 8.11. The molecule has 1 saturated carbocycles. The topological polar surface area (TPSA) is 61.4 Å². The Hall–Kier alpha value is -2.04. The molecule has 0 bridgehead atoms. The van der Waals surface area contributed by atoms with E-state index in [2.05, 4.69) is 10.6 Å². The first-order valence-electron chi connectivity index (χ1n) is 8.11. The molecule has 1 aliphatic carbocycles. The Bertz CT molecular complexity index is 567. The van der Waals surface area contributed by atoms with Gasteiger partial charge in [-0.05, 0) is 31.9 Å². The van der Waals surface area contributed by atoms with Gasteiger partial charge in [-0.1, -0.05) is 31.4 Å². The lowest BCUT2D eigenvalue weighted by molar-refractivity contribution is -0.124. The van der Waals surface area contributed by atoms with Gasteiger partial charge in [0.1, 0.15) is 12.6 Å².